The molecular weight excluding hydrogens is 326 g/mol. The Morgan fingerprint density at radius 2 is 2.15 bits per heavy atom. The third-order valence-electron chi connectivity index (χ3n) is 2.14. The van der Waals surface area contributed by atoms with E-state index in [1.807, 2.05) is 0 Å². The minimum atomic E-state index is -0.752. The standard InChI is InChI=1S/C13H12BrN3O3/c1-2-20-13(19)9(7-15)8-16-17-12(18)10-5-3-4-6-11(10)14/h3-6,8,16H,2H2,1H3,(H,17,18)/b9-8+. The van der Waals surface area contributed by atoms with E-state index in [9.17, 15) is 9.59 Å². The quantitative estimate of drug-likeness (QED) is 0.369. The fourth-order valence-electron chi connectivity index (χ4n) is 1.23. The van der Waals surface area contributed by atoms with Crippen LogP contribution in [0.25, 0.3) is 0 Å². The largest absolute Gasteiger partial charge is 0.462 e. The zero-order chi connectivity index (χ0) is 15.0. The number of nitrogens with one attached hydrogen (secondary N) is 2. The van der Waals surface area contributed by atoms with Crippen molar-refractivity contribution in [2.24, 2.45) is 0 Å². The third kappa shape index (κ3) is 4.40. The number of amides is 1. The molecule has 0 bridgehead atoms. The maximum atomic E-state index is 11.8. The highest BCUT2D eigenvalue weighted by atomic mass is 79.9. The number of nitrogens with zero attached hydrogens (tertiary/aromatic N) is 1. The highest BCUT2D eigenvalue weighted by Crippen LogP contribution is 2.15. The summed E-state index contributed by atoms with van der Waals surface area (Å²) >= 11 is 3.24. The average molecular weight is 338 g/mol. The number of hydrazine groups is 1. The average Bonchev–Trinajstić information content (AvgIpc) is 2.44. The van der Waals surface area contributed by atoms with Gasteiger partial charge in [-0.3, -0.25) is 10.2 Å². The molecule has 0 fully saturated rings. The number of nitriles is 1. The van der Waals surface area contributed by atoms with Gasteiger partial charge < -0.3 is 10.2 Å². The third-order valence-corrected chi connectivity index (χ3v) is 2.83. The van der Waals surface area contributed by atoms with Gasteiger partial charge in [0.2, 0.25) is 0 Å². The first-order valence-electron chi connectivity index (χ1n) is 5.68. The van der Waals surface area contributed by atoms with Crippen molar-refractivity contribution in [3.8, 4) is 6.07 Å². The normalized spacial score (nSPS) is 10.3. The van der Waals surface area contributed by atoms with Crippen LogP contribution < -0.4 is 10.9 Å². The Bertz CT molecular complexity index is 578. The minimum Gasteiger partial charge on any atom is -0.462 e. The molecule has 2 N–H and O–H groups in total. The van der Waals surface area contributed by atoms with E-state index in [1.165, 1.54) is 0 Å². The topological polar surface area (TPSA) is 91.2 Å². The molecule has 0 aliphatic carbocycles. The molecule has 0 aromatic heterocycles. The van der Waals surface area contributed by atoms with E-state index in [-0.39, 0.29) is 12.2 Å². The van der Waals surface area contributed by atoms with Crippen molar-refractivity contribution >= 4 is 27.8 Å². The zero-order valence-corrected chi connectivity index (χ0v) is 12.2. The van der Waals surface area contributed by atoms with Crippen LogP contribution in [-0.2, 0) is 9.53 Å². The molecule has 0 saturated carbocycles. The fraction of sp³-hybridized carbons (Fsp3) is 0.154. The first-order chi connectivity index (χ1) is 9.60. The lowest BCUT2D eigenvalue weighted by Crippen LogP contribution is -2.34. The lowest BCUT2D eigenvalue weighted by molar-refractivity contribution is -0.138. The first-order valence-corrected chi connectivity index (χ1v) is 6.47. The highest BCUT2D eigenvalue weighted by Gasteiger charge is 2.10. The van der Waals surface area contributed by atoms with Crippen LogP contribution in [0.3, 0.4) is 0 Å². The second-order valence-corrected chi connectivity index (χ2v) is 4.32. The molecule has 0 spiro atoms. The van der Waals surface area contributed by atoms with E-state index >= 15 is 0 Å². The van der Waals surface area contributed by atoms with Crippen LogP contribution in [-0.4, -0.2) is 18.5 Å². The molecule has 1 aromatic carbocycles. The monoisotopic (exact) mass is 337 g/mol. The molecule has 20 heavy (non-hydrogen) atoms. The number of hydrogen-bond donors (Lipinski definition) is 2. The number of esters is 1. The number of benzene rings is 1. The smallest absolute Gasteiger partial charge is 0.350 e. The van der Waals surface area contributed by atoms with Crippen molar-refractivity contribution < 1.29 is 14.3 Å². The molecule has 104 valence electrons. The van der Waals surface area contributed by atoms with E-state index in [0.717, 1.165) is 6.20 Å². The molecule has 7 heteroatoms. The number of carbonyl (C=O) groups excluding carboxylic acids is 2. The predicted octanol–water partition coefficient (Wildman–Crippen LogP) is 1.65. The Labute approximate surface area is 124 Å². The summed E-state index contributed by atoms with van der Waals surface area (Å²) in [4.78, 5) is 23.1. The Balaban J connectivity index is 2.64. The van der Waals surface area contributed by atoms with Gasteiger partial charge in [0.15, 0.2) is 5.57 Å². The van der Waals surface area contributed by atoms with Crippen molar-refractivity contribution in [2.75, 3.05) is 6.61 Å². The van der Waals surface area contributed by atoms with Crippen LogP contribution in [0.15, 0.2) is 40.5 Å². The van der Waals surface area contributed by atoms with E-state index in [2.05, 4.69) is 31.5 Å². The summed E-state index contributed by atoms with van der Waals surface area (Å²) in [6.45, 7) is 1.80. The molecule has 1 rings (SSSR count). The molecular formula is C13H12BrN3O3. The van der Waals surface area contributed by atoms with Gasteiger partial charge in [0.05, 0.1) is 12.2 Å². The summed E-state index contributed by atoms with van der Waals surface area (Å²) in [6.07, 6.45) is 1.08. The van der Waals surface area contributed by atoms with Gasteiger partial charge in [-0.15, -0.1) is 0 Å². The summed E-state index contributed by atoms with van der Waals surface area (Å²) in [7, 11) is 0. The Kier molecular flexibility index (Phi) is 6.26. The molecule has 0 heterocycles. The van der Waals surface area contributed by atoms with Crippen molar-refractivity contribution in [3.05, 3.63) is 46.1 Å². The van der Waals surface area contributed by atoms with E-state index < -0.39 is 11.9 Å². The van der Waals surface area contributed by atoms with Gasteiger partial charge in [-0.05, 0) is 35.0 Å². The molecule has 0 saturated heterocycles. The highest BCUT2D eigenvalue weighted by molar-refractivity contribution is 9.10. The van der Waals surface area contributed by atoms with Crippen molar-refractivity contribution in [2.45, 2.75) is 6.92 Å². The van der Waals surface area contributed by atoms with Gasteiger partial charge in [-0.2, -0.15) is 5.26 Å². The number of halogens is 1. The summed E-state index contributed by atoms with van der Waals surface area (Å²) in [5, 5.41) is 8.77. The second kappa shape index (κ2) is 7.96. The van der Waals surface area contributed by atoms with Gasteiger partial charge >= 0.3 is 5.97 Å². The summed E-state index contributed by atoms with van der Waals surface area (Å²) in [6, 6.07) is 8.53. The lowest BCUT2D eigenvalue weighted by Gasteiger charge is -2.06. The second-order valence-electron chi connectivity index (χ2n) is 3.47. The lowest BCUT2D eigenvalue weighted by atomic mass is 10.2. The van der Waals surface area contributed by atoms with Crippen LogP contribution in [0.2, 0.25) is 0 Å². The van der Waals surface area contributed by atoms with Gasteiger partial charge in [-0.1, -0.05) is 12.1 Å². The maximum Gasteiger partial charge on any atom is 0.350 e. The molecule has 1 aromatic rings. The minimum absolute atomic E-state index is 0.168. The summed E-state index contributed by atoms with van der Waals surface area (Å²) in [5.41, 5.74) is 4.93. The van der Waals surface area contributed by atoms with Crippen molar-refractivity contribution in [1.29, 1.82) is 5.26 Å². The van der Waals surface area contributed by atoms with E-state index in [4.69, 9.17) is 5.26 Å². The molecule has 0 aliphatic heterocycles. The van der Waals surface area contributed by atoms with Crippen LogP contribution >= 0.6 is 15.9 Å². The fourth-order valence-corrected chi connectivity index (χ4v) is 1.70. The first kappa shape index (κ1) is 15.7. The summed E-state index contributed by atoms with van der Waals surface area (Å²) < 4.78 is 5.30. The Morgan fingerprint density at radius 3 is 2.75 bits per heavy atom. The SMILES string of the molecule is CCOC(=O)/C(C#N)=C/NNC(=O)c1ccccc1Br. The van der Waals surface area contributed by atoms with Crippen LogP contribution in [0.5, 0.6) is 0 Å². The van der Waals surface area contributed by atoms with Gasteiger partial charge in [0.25, 0.3) is 5.91 Å². The predicted molar refractivity (Wildman–Crippen MR) is 75.1 cm³/mol. The van der Waals surface area contributed by atoms with E-state index in [0.29, 0.717) is 10.0 Å². The number of rotatable bonds is 5. The molecule has 0 aliphatic rings. The van der Waals surface area contributed by atoms with Crippen LogP contribution in [0.4, 0.5) is 0 Å². The maximum absolute atomic E-state index is 11.8. The molecule has 0 atom stereocenters. The van der Waals surface area contributed by atoms with Crippen molar-refractivity contribution in [1.82, 2.24) is 10.9 Å². The van der Waals surface area contributed by atoms with Crippen LogP contribution in [0.1, 0.15) is 17.3 Å². The number of carbonyl (C=O) groups is 2. The van der Waals surface area contributed by atoms with Gasteiger partial charge in [0.1, 0.15) is 6.07 Å². The molecule has 0 unspecified atom stereocenters. The number of ether oxygens (including phenoxy) is 1. The molecule has 0 radical (unpaired) electrons. The van der Waals surface area contributed by atoms with Crippen LogP contribution in [0, 0.1) is 11.3 Å². The van der Waals surface area contributed by atoms with Gasteiger partial charge in [-0.25, -0.2) is 4.79 Å². The Morgan fingerprint density at radius 1 is 1.45 bits per heavy atom. The van der Waals surface area contributed by atoms with Gasteiger partial charge in [0, 0.05) is 10.7 Å². The molecule has 6 nitrogen and oxygen atoms in total. The zero-order valence-electron chi connectivity index (χ0n) is 10.6. The number of hydrogen-bond acceptors (Lipinski definition) is 5. The van der Waals surface area contributed by atoms with Crippen molar-refractivity contribution in [3.63, 3.8) is 0 Å². The Hall–Kier alpha value is -2.33. The summed E-state index contributed by atoms with van der Waals surface area (Å²) in [5.74, 6) is -1.16. The molecule has 1 amide bonds. The van der Waals surface area contributed by atoms with E-state index in [1.54, 1.807) is 37.3 Å².